The van der Waals surface area contributed by atoms with Crippen LogP contribution in [-0.2, 0) is 16.1 Å². The molecule has 6 nitrogen and oxygen atoms in total. The molecule has 34 heavy (non-hydrogen) atoms. The molecule has 1 unspecified atom stereocenters. The Morgan fingerprint density at radius 1 is 1.09 bits per heavy atom. The smallest absolute Gasteiger partial charge is 0.296 e. The number of aliphatic hydroxyl groups excluding tert-OH is 1. The second-order valence-electron chi connectivity index (χ2n) is 8.70. The average molecular weight is 460 g/mol. The molecule has 1 fully saturated rings. The molecule has 0 bridgehead atoms. The van der Waals surface area contributed by atoms with Crippen LogP contribution >= 0.6 is 0 Å². The van der Waals surface area contributed by atoms with Crippen LogP contribution in [0.4, 0.5) is 0 Å². The van der Waals surface area contributed by atoms with Gasteiger partial charge in [-0.2, -0.15) is 0 Å². The third-order valence-electron chi connectivity index (χ3n) is 5.95. The van der Waals surface area contributed by atoms with E-state index >= 15 is 0 Å². The summed E-state index contributed by atoms with van der Waals surface area (Å²) in [5, 5.41) is 11.3. The minimum Gasteiger partial charge on any atom is -0.507 e. The van der Waals surface area contributed by atoms with Gasteiger partial charge in [-0.1, -0.05) is 57.2 Å². The van der Waals surface area contributed by atoms with Crippen LogP contribution in [0.5, 0.6) is 5.75 Å². The zero-order chi connectivity index (χ0) is 24.2. The van der Waals surface area contributed by atoms with Gasteiger partial charge in [0.15, 0.2) is 0 Å². The number of hydrogen-bond acceptors (Lipinski definition) is 5. The summed E-state index contributed by atoms with van der Waals surface area (Å²) in [6.45, 7) is 6.87. The van der Waals surface area contributed by atoms with Crippen LogP contribution in [0, 0.1) is 0 Å². The van der Waals surface area contributed by atoms with E-state index in [9.17, 15) is 14.7 Å². The van der Waals surface area contributed by atoms with E-state index in [1.54, 1.807) is 36.4 Å². The van der Waals surface area contributed by atoms with Crippen molar-refractivity contribution < 1.29 is 23.8 Å². The van der Waals surface area contributed by atoms with E-state index in [1.807, 2.05) is 31.2 Å². The first-order valence-corrected chi connectivity index (χ1v) is 11.5. The van der Waals surface area contributed by atoms with Crippen LogP contribution in [0.25, 0.3) is 5.76 Å². The molecule has 0 saturated carbocycles. The van der Waals surface area contributed by atoms with Gasteiger partial charge in [0.2, 0.25) is 0 Å². The third-order valence-corrected chi connectivity index (χ3v) is 5.95. The topological polar surface area (TPSA) is 80.0 Å². The first-order valence-electron chi connectivity index (χ1n) is 11.5. The molecule has 3 aromatic rings. The van der Waals surface area contributed by atoms with E-state index in [0.717, 1.165) is 17.5 Å². The van der Waals surface area contributed by atoms with Crippen molar-refractivity contribution in [1.29, 1.82) is 0 Å². The van der Waals surface area contributed by atoms with E-state index in [2.05, 4.69) is 13.8 Å². The van der Waals surface area contributed by atoms with Crippen LogP contribution in [0.1, 0.15) is 61.6 Å². The highest BCUT2D eigenvalue weighted by molar-refractivity contribution is 6.46. The van der Waals surface area contributed by atoms with Gasteiger partial charge in [-0.25, -0.2) is 0 Å². The lowest BCUT2D eigenvalue weighted by Crippen LogP contribution is -2.29. The minimum absolute atomic E-state index is 0.0569. The lowest BCUT2D eigenvalue weighted by Gasteiger charge is -2.25. The fraction of sp³-hybridized carbons (Fsp3) is 0.286. The number of hydrogen-bond donors (Lipinski definition) is 1. The largest absolute Gasteiger partial charge is 0.507 e. The van der Waals surface area contributed by atoms with Crippen LogP contribution in [-0.4, -0.2) is 28.3 Å². The predicted octanol–water partition coefficient (Wildman–Crippen LogP) is 5.81. The first kappa shape index (κ1) is 23.4. The standard InChI is InChI=1S/C28H29NO5/c1-4-14-33-22-8-5-7-21(16-22)26(30)24-25(20-12-10-19(11-13-20)18(2)3)29(28(32)27(24)31)17-23-9-6-15-34-23/h5-13,15-16,18,25,30H,4,14,17H2,1-3H3. The molecule has 1 aliphatic heterocycles. The van der Waals surface area contributed by atoms with Gasteiger partial charge in [0.05, 0.1) is 31.0 Å². The number of likely N-dealkylation sites (tertiary alicyclic amines) is 1. The number of ether oxygens (including phenoxy) is 1. The molecule has 2 aromatic carbocycles. The van der Waals surface area contributed by atoms with Gasteiger partial charge in [-0.05, 0) is 47.7 Å². The lowest BCUT2D eigenvalue weighted by molar-refractivity contribution is -0.140. The summed E-state index contributed by atoms with van der Waals surface area (Å²) in [6.07, 6.45) is 2.38. The average Bonchev–Trinajstić information content (AvgIpc) is 3.45. The zero-order valence-corrected chi connectivity index (χ0v) is 19.7. The van der Waals surface area contributed by atoms with E-state index in [0.29, 0.717) is 29.6 Å². The molecule has 0 spiro atoms. The molecule has 0 radical (unpaired) electrons. The summed E-state index contributed by atoms with van der Waals surface area (Å²) in [5.41, 5.74) is 2.37. The molecule has 2 heterocycles. The van der Waals surface area contributed by atoms with Crippen molar-refractivity contribution in [2.45, 2.75) is 45.7 Å². The third kappa shape index (κ3) is 4.62. The SMILES string of the molecule is CCCOc1cccc(C(O)=C2C(=O)C(=O)N(Cc3ccco3)C2c2ccc(C(C)C)cc2)c1. The van der Waals surface area contributed by atoms with Crippen molar-refractivity contribution >= 4 is 17.4 Å². The predicted molar refractivity (Wildman–Crippen MR) is 129 cm³/mol. The van der Waals surface area contributed by atoms with Gasteiger partial charge >= 0.3 is 0 Å². The van der Waals surface area contributed by atoms with E-state index in [-0.39, 0.29) is 17.9 Å². The van der Waals surface area contributed by atoms with E-state index < -0.39 is 17.7 Å². The Kier molecular flexibility index (Phi) is 6.87. The Labute approximate surface area is 199 Å². The second-order valence-corrected chi connectivity index (χ2v) is 8.70. The van der Waals surface area contributed by atoms with Gasteiger partial charge in [0.1, 0.15) is 17.3 Å². The number of nitrogens with zero attached hydrogens (tertiary/aromatic N) is 1. The molecular weight excluding hydrogens is 430 g/mol. The van der Waals surface area contributed by atoms with Gasteiger partial charge in [-0.15, -0.1) is 0 Å². The number of carbonyl (C=O) groups excluding carboxylic acids is 2. The molecule has 1 aromatic heterocycles. The van der Waals surface area contributed by atoms with Crippen molar-refractivity contribution in [2.24, 2.45) is 0 Å². The van der Waals surface area contributed by atoms with Crippen molar-refractivity contribution in [2.75, 3.05) is 6.61 Å². The van der Waals surface area contributed by atoms with Crippen molar-refractivity contribution in [1.82, 2.24) is 4.90 Å². The minimum atomic E-state index is -0.744. The molecule has 1 N–H and O–H groups in total. The van der Waals surface area contributed by atoms with Gasteiger partial charge < -0.3 is 19.2 Å². The van der Waals surface area contributed by atoms with E-state index in [4.69, 9.17) is 9.15 Å². The van der Waals surface area contributed by atoms with Crippen molar-refractivity contribution in [3.05, 3.63) is 95.0 Å². The molecule has 4 rings (SSSR count). The Hall–Kier alpha value is -3.80. The molecule has 1 saturated heterocycles. The van der Waals surface area contributed by atoms with Crippen LogP contribution in [0.3, 0.4) is 0 Å². The van der Waals surface area contributed by atoms with Crippen molar-refractivity contribution in [3.63, 3.8) is 0 Å². The van der Waals surface area contributed by atoms with Gasteiger partial charge in [0, 0.05) is 5.56 Å². The highest BCUT2D eigenvalue weighted by Crippen LogP contribution is 2.41. The number of carbonyl (C=O) groups is 2. The summed E-state index contributed by atoms with van der Waals surface area (Å²) in [6, 6.07) is 17.5. The fourth-order valence-corrected chi connectivity index (χ4v) is 4.13. The highest BCUT2D eigenvalue weighted by atomic mass is 16.5. The van der Waals surface area contributed by atoms with Crippen LogP contribution in [0.2, 0.25) is 0 Å². The second kappa shape index (κ2) is 10.00. The summed E-state index contributed by atoms with van der Waals surface area (Å²) in [5.74, 6) is -0.125. The highest BCUT2D eigenvalue weighted by Gasteiger charge is 2.46. The Morgan fingerprint density at radius 2 is 1.85 bits per heavy atom. The molecule has 0 aliphatic carbocycles. The monoisotopic (exact) mass is 459 g/mol. The number of amides is 1. The van der Waals surface area contributed by atoms with Crippen molar-refractivity contribution in [3.8, 4) is 5.75 Å². The number of benzene rings is 2. The molecule has 1 atom stereocenters. The van der Waals surface area contributed by atoms with Gasteiger partial charge in [0.25, 0.3) is 11.7 Å². The molecular formula is C28H29NO5. The quantitative estimate of drug-likeness (QED) is 0.261. The lowest BCUT2D eigenvalue weighted by atomic mass is 9.93. The zero-order valence-electron chi connectivity index (χ0n) is 19.7. The Bertz CT molecular complexity index is 1190. The summed E-state index contributed by atoms with van der Waals surface area (Å²) in [4.78, 5) is 27.8. The summed E-state index contributed by atoms with van der Waals surface area (Å²) >= 11 is 0. The van der Waals surface area contributed by atoms with Crippen LogP contribution in [0.15, 0.2) is 76.9 Å². The maximum atomic E-state index is 13.2. The van der Waals surface area contributed by atoms with E-state index in [1.165, 1.54) is 11.2 Å². The molecule has 6 heteroatoms. The summed E-state index contributed by atoms with van der Waals surface area (Å²) in [7, 11) is 0. The normalized spacial score (nSPS) is 17.5. The molecule has 1 amide bonds. The number of ketones is 1. The fourth-order valence-electron chi connectivity index (χ4n) is 4.13. The maximum absolute atomic E-state index is 13.2. The molecule has 176 valence electrons. The Balaban J connectivity index is 1.81. The number of rotatable bonds is 8. The maximum Gasteiger partial charge on any atom is 0.296 e. The first-order chi connectivity index (χ1) is 16.4. The van der Waals surface area contributed by atoms with Crippen LogP contribution < -0.4 is 4.74 Å². The number of furan rings is 1. The summed E-state index contributed by atoms with van der Waals surface area (Å²) < 4.78 is 11.1. The Morgan fingerprint density at radius 3 is 2.50 bits per heavy atom. The number of Topliss-reactive ketones (excluding diaryl/α,β-unsaturated/α-hetero) is 1. The van der Waals surface area contributed by atoms with Gasteiger partial charge in [-0.3, -0.25) is 9.59 Å². The molecule has 1 aliphatic rings. The number of aliphatic hydroxyl groups is 1.